The van der Waals surface area contributed by atoms with Crippen LogP contribution in [0.2, 0.25) is 0 Å². The van der Waals surface area contributed by atoms with Gasteiger partial charge in [-0.15, -0.1) is 10.2 Å². The third-order valence-corrected chi connectivity index (χ3v) is 4.42. The number of carbonyl (C=O) groups excluding carboxylic acids is 2. The highest BCUT2D eigenvalue weighted by Gasteiger charge is 2.20. The van der Waals surface area contributed by atoms with Crippen molar-refractivity contribution in [3.63, 3.8) is 0 Å². The predicted octanol–water partition coefficient (Wildman–Crippen LogP) is 3.10. The van der Waals surface area contributed by atoms with E-state index in [0.29, 0.717) is 10.1 Å². The molecule has 1 heterocycles. The molecule has 1 atom stereocenters. The Hall–Kier alpha value is -3.13. The van der Waals surface area contributed by atoms with Crippen molar-refractivity contribution in [1.82, 2.24) is 15.5 Å². The van der Waals surface area contributed by atoms with Gasteiger partial charge < -0.3 is 5.32 Å². The Morgan fingerprint density at radius 2 is 1.73 bits per heavy atom. The number of anilines is 1. The molecule has 2 N–H and O–H groups in total. The molecule has 3 rings (SSSR count). The van der Waals surface area contributed by atoms with Crippen molar-refractivity contribution in [2.75, 3.05) is 5.32 Å². The first-order valence-electron chi connectivity index (χ1n) is 7.80. The summed E-state index contributed by atoms with van der Waals surface area (Å²) in [5.74, 6) is -1.77. The summed E-state index contributed by atoms with van der Waals surface area (Å²) in [5.41, 5.74) is 0.779. The summed E-state index contributed by atoms with van der Waals surface area (Å²) in [5, 5.41) is 14.0. The van der Waals surface area contributed by atoms with Crippen LogP contribution in [0.5, 0.6) is 0 Å². The van der Waals surface area contributed by atoms with Crippen LogP contribution in [0.15, 0.2) is 54.6 Å². The van der Waals surface area contributed by atoms with Crippen LogP contribution in [-0.2, 0) is 4.79 Å². The number of carbonyl (C=O) groups is 2. The van der Waals surface area contributed by atoms with E-state index in [1.165, 1.54) is 36.5 Å². The summed E-state index contributed by atoms with van der Waals surface area (Å²) in [6.07, 6.45) is 0. The number of hydrogen-bond acceptors (Lipinski definition) is 5. The molecular formula is C18H15FN4O2S. The standard InChI is InChI=1S/C18H15FN4O2S/c1-11(20-16(25)13-9-5-6-10-14(13)19)15(24)21-18-23-22-17(26-18)12-7-3-2-4-8-12/h2-11H,1H3,(H,20,25)(H,21,23,24). The average Bonchev–Trinajstić information content (AvgIpc) is 3.11. The van der Waals surface area contributed by atoms with E-state index < -0.39 is 23.7 Å². The lowest BCUT2D eigenvalue weighted by Gasteiger charge is -2.13. The minimum atomic E-state index is -0.869. The molecule has 2 amide bonds. The van der Waals surface area contributed by atoms with Crippen molar-refractivity contribution in [1.29, 1.82) is 0 Å². The molecule has 6 nitrogen and oxygen atoms in total. The van der Waals surface area contributed by atoms with Gasteiger partial charge in [-0.3, -0.25) is 14.9 Å². The first-order valence-corrected chi connectivity index (χ1v) is 8.61. The van der Waals surface area contributed by atoms with E-state index in [2.05, 4.69) is 20.8 Å². The fraction of sp³-hybridized carbons (Fsp3) is 0.111. The van der Waals surface area contributed by atoms with E-state index in [9.17, 15) is 14.0 Å². The van der Waals surface area contributed by atoms with Crippen molar-refractivity contribution in [3.05, 3.63) is 66.0 Å². The Bertz CT molecular complexity index is 930. The van der Waals surface area contributed by atoms with Gasteiger partial charge in [-0.1, -0.05) is 53.8 Å². The van der Waals surface area contributed by atoms with Gasteiger partial charge in [0, 0.05) is 5.56 Å². The van der Waals surface area contributed by atoms with E-state index in [4.69, 9.17) is 0 Å². The zero-order valence-electron chi connectivity index (χ0n) is 13.8. The first-order chi connectivity index (χ1) is 12.5. The van der Waals surface area contributed by atoms with Gasteiger partial charge in [-0.05, 0) is 19.1 Å². The summed E-state index contributed by atoms with van der Waals surface area (Å²) in [6.45, 7) is 1.51. The number of nitrogens with zero attached hydrogens (tertiary/aromatic N) is 2. The van der Waals surface area contributed by atoms with Gasteiger partial charge in [0.2, 0.25) is 11.0 Å². The lowest BCUT2D eigenvalue weighted by molar-refractivity contribution is -0.117. The summed E-state index contributed by atoms with van der Waals surface area (Å²) in [4.78, 5) is 24.3. The van der Waals surface area contributed by atoms with Crippen molar-refractivity contribution >= 4 is 28.3 Å². The predicted molar refractivity (Wildman–Crippen MR) is 97.3 cm³/mol. The molecule has 0 radical (unpaired) electrons. The number of halogens is 1. The zero-order valence-corrected chi connectivity index (χ0v) is 14.6. The molecular weight excluding hydrogens is 355 g/mol. The molecule has 0 bridgehead atoms. The molecule has 0 spiro atoms. The number of amides is 2. The zero-order chi connectivity index (χ0) is 18.5. The third kappa shape index (κ3) is 4.09. The van der Waals surface area contributed by atoms with Crippen molar-refractivity contribution in [3.8, 4) is 10.6 Å². The number of aromatic nitrogens is 2. The number of benzene rings is 2. The maximum absolute atomic E-state index is 13.6. The first kappa shape index (κ1) is 17.7. The number of hydrogen-bond donors (Lipinski definition) is 2. The van der Waals surface area contributed by atoms with Crippen LogP contribution in [0.1, 0.15) is 17.3 Å². The molecule has 0 aliphatic rings. The molecule has 1 aromatic heterocycles. The fourth-order valence-electron chi connectivity index (χ4n) is 2.17. The van der Waals surface area contributed by atoms with Crippen LogP contribution in [0.25, 0.3) is 10.6 Å². The summed E-state index contributed by atoms with van der Waals surface area (Å²) >= 11 is 1.22. The van der Waals surface area contributed by atoms with Crippen molar-refractivity contribution < 1.29 is 14.0 Å². The van der Waals surface area contributed by atoms with E-state index in [1.54, 1.807) is 6.07 Å². The van der Waals surface area contributed by atoms with Crippen LogP contribution in [0, 0.1) is 5.82 Å². The Balaban J connectivity index is 1.62. The molecule has 26 heavy (non-hydrogen) atoms. The Kier molecular flexibility index (Phi) is 5.33. The summed E-state index contributed by atoms with van der Waals surface area (Å²) in [6, 6.07) is 14.2. The molecule has 0 aliphatic carbocycles. The van der Waals surface area contributed by atoms with Crippen LogP contribution in [0.4, 0.5) is 9.52 Å². The fourth-order valence-corrected chi connectivity index (χ4v) is 2.92. The van der Waals surface area contributed by atoms with Gasteiger partial charge in [-0.25, -0.2) is 4.39 Å². The molecule has 0 saturated carbocycles. The molecule has 0 fully saturated rings. The minimum absolute atomic E-state index is 0.116. The number of rotatable bonds is 5. The highest BCUT2D eigenvalue weighted by molar-refractivity contribution is 7.18. The molecule has 0 saturated heterocycles. The lowest BCUT2D eigenvalue weighted by atomic mass is 10.2. The van der Waals surface area contributed by atoms with Crippen LogP contribution in [-0.4, -0.2) is 28.1 Å². The minimum Gasteiger partial charge on any atom is -0.340 e. The van der Waals surface area contributed by atoms with Gasteiger partial charge in [0.1, 0.15) is 16.9 Å². The van der Waals surface area contributed by atoms with E-state index in [1.807, 2.05) is 30.3 Å². The monoisotopic (exact) mass is 370 g/mol. The third-order valence-electron chi connectivity index (χ3n) is 3.54. The normalized spacial score (nSPS) is 11.6. The number of nitrogens with one attached hydrogen (secondary N) is 2. The van der Waals surface area contributed by atoms with Crippen LogP contribution in [0.3, 0.4) is 0 Å². The molecule has 0 aliphatic heterocycles. The molecule has 3 aromatic rings. The SMILES string of the molecule is CC(NC(=O)c1ccccc1F)C(=O)Nc1nnc(-c2ccccc2)s1. The second-order valence-electron chi connectivity index (χ2n) is 5.44. The van der Waals surface area contributed by atoms with Crippen molar-refractivity contribution in [2.24, 2.45) is 0 Å². The second-order valence-corrected chi connectivity index (χ2v) is 6.42. The van der Waals surface area contributed by atoms with Crippen molar-refractivity contribution in [2.45, 2.75) is 13.0 Å². The topological polar surface area (TPSA) is 84.0 Å². The average molecular weight is 370 g/mol. The van der Waals surface area contributed by atoms with E-state index >= 15 is 0 Å². The van der Waals surface area contributed by atoms with Gasteiger partial charge in [0.15, 0.2) is 0 Å². The van der Waals surface area contributed by atoms with Gasteiger partial charge in [0.05, 0.1) is 5.56 Å². The summed E-state index contributed by atoms with van der Waals surface area (Å²) < 4.78 is 13.6. The highest BCUT2D eigenvalue weighted by Crippen LogP contribution is 2.25. The Morgan fingerprint density at radius 1 is 1.04 bits per heavy atom. The van der Waals surface area contributed by atoms with Gasteiger partial charge in [0.25, 0.3) is 5.91 Å². The van der Waals surface area contributed by atoms with E-state index in [0.717, 1.165) is 5.56 Å². The molecule has 2 aromatic carbocycles. The lowest BCUT2D eigenvalue weighted by Crippen LogP contribution is -2.41. The quantitative estimate of drug-likeness (QED) is 0.723. The van der Waals surface area contributed by atoms with Crippen LogP contribution >= 0.6 is 11.3 Å². The molecule has 132 valence electrons. The van der Waals surface area contributed by atoms with Crippen LogP contribution < -0.4 is 10.6 Å². The Labute approximate surface area is 153 Å². The second kappa shape index (κ2) is 7.83. The molecule has 8 heteroatoms. The molecule has 1 unspecified atom stereocenters. The maximum Gasteiger partial charge on any atom is 0.254 e. The largest absolute Gasteiger partial charge is 0.340 e. The smallest absolute Gasteiger partial charge is 0.254 e. The van der Waals surface area contributed by atoms with Gasteiger partial charge >= 0.3 is 0 Å². The Morgan fingerprint density at radius 3 is 2.46 bits per heavy atom. The highest BCUT2D eigenvalue weighted by atomic mass is 32.1. The van der Waals surface area contributed by atoms with E-state index in [-0.39, 0.29) is 5.56 Å². The maximum atomic E-state index is 13.6. The summed E-state index contributed by atoms with van der Waals surface area (Å²) in [7, 11) is 0. The van der Waals surface area contributed by atoms with Gasteiger partial charge in [-0.2, -0.15) is 0 Å².